The molecule has 1 aliphatic rings. The van der Waals surface area contributed by atoms with Crippen molar-refractivity contribution in [3.63, 3.8) is 0 Å². The van der Waals surface area contributed by atoms with Crippen LogP contribution in [0.3, 0.4) is 0 Å². The summed E-state index contributed by atoms with van der Waals surface area (Å²) in [6, 6.07) is -0.159. The van der Waals surface area contributed by atoms with Gasteiger partial charge < -0.3 is 15.0 Å². The third kappa shape index (κ3) is 5.50. The average Bonchev–Trinajstić information content (AvgIpc) is 2.36. The molecule has 4 nitrogen and oxygen atoms in total. The van der Waals surface area contributed by atoms with Gasteiger partial charge in [-0.3, -0.25) is 4.79 Å². The zero-order valence-corrected chi connectivity index (χ0v) is 11.2. The van der Waals surface area contributed by atoms with Crippen LogP contribution in [0.1, 0.15) is 39.5 Å². The molecule has 0 spiro atoms. The Bertz CT molecular complexity index is 215. The number of hydrogen-bond acceptors (Lipinski definition) is 4. The van der Waals surface area contributed by atoms with Crippen LogP contribution in [-0.4, -0.2) is 49.7 Å². The van der Waals surface area contributed by atoms with E-state index in [1.54, 1.807) is 0 Å². The molecule has 17 heavy (non-hydrogen) atoms. The molecule has 4 heteroatoms. The molecular weight excluding hydrogens is 216 g/mol. The number of likely N-dealkylation sites (tertiary alicyclic amines) is 1. The van der Waals surface area contributed by atoms with E-state index in [1.807, 2.05) is 6.92 Å². The van der Waals surface area contributed by atoms with E-state index in [0.717, 1.165) is 32.6 Å². The van der Waals surface area contributed by atoms with Crippen LogP contribution in [0.15, 0.2) is 0 Å². The first-order valence-corrected chi connectivity index (χ1v) is 6.90. The monoisotopic (exact) mass is 242 g/mol. The lowest BCUT2D eigenvalue weighted by Crippen LogP contribution is -2.48. The fourth-order valence-electron chi connectivity index (χ4n) is 2.18. The van der Waals surface area contributed by atoms with E-state index in [1.165, 1.54) is 19.3 Å². The Labute approximate surface area is 105 Å². The highest BCUT2D eigenvalue weighted by atomic mass is 16.5. The molecule has 0 aliphatic carbocycles. The first kappa shape index (κ1) is 14.5. The average molecular weight is 242 g/mol. The summed E-state index contributed by atoms with van der Waals surface area (Å²) in [4.78, 5) is 14.2. The molecule has 1 fully saturated rings. The number of esters is 1. The summed E-state index contributed by atoms with van der Waals surface area (Å²) in [5.74, 6) is -0.105. The van der Waals surface area contributed by atoms with Crippen LogP contribution in [0.4, 0.5) is 0 Å². The Morgan fingerprint density at radius 3 is 2.59 bits per heavy atom. The van der Waals surface area contributed by atoms with Crippen LogP contribution in [-0.2, 0) is 9.53 Å². The summed E-state index contributed by atoms with van der Waals surface area (Å²) >= 11 is 0. The predicted octanol–water partition coefficient (Wildman–Crippen LogP) is 1.40. The van der Waals surface area contributed by atoms with Crippen LogP contribution in [0, 0.1) is 0 Å². The third-order valence-electron chi connectivity index (χ3n) is 3.10. The lowest BCUT2D eigenvalue weighted by Gasteiger charge is -2.29. The van der Waals surface area contributed by atoms with Gasteiger partial charge in [0.05, 0.1) is 6.61 Å². The molecule has 1 heterocycles. The van der Waals surface area contributed by atoms with Crippen molar-refractivity contribution < 1.29 is 9.53 Å². The molecule has 0 aromatic heterocycles. The van der Waals surface area contributed by atoms with E-state index in [0.29, 0.717) is 6.61 Å². The highest BCUT2D eigenvalue weighted by molar-refractivity contribution is 5.76. The van der Waals surface area contributed by atoms with Crippen LogP contribution in [0.5, 0.6) is 0 Å². The minimum Gasteiger partial charge on any atom is -0.465 e. The molecule has 1 N–H and O–H groups in total. The molecule has 1 saturated heterocycles. The van der Waals surface area contributed by atoms with Crippen molar-refractivity contribution in [3.05, 3.63) is 0 Å². The Kier molecular flexibility index (Phi) is 7.21. The predicted molar refractivity (Wildman–Crippen MR) is 69.0 cm³/mol. The molecule has 0 aromatic rings. The number of piperidine rings is 1. The maximum absolute atomic E-state index is 11.8. The summed E-state index contributed by atoms with van der Waals surface area (Å²) in [6.45, 7) is 8.32. The lowest BCUT2D eigenvalue weighted by atomic mass is 10.1. The molecule has 0 saturated carbocycles. The number of nitrogens with one attached hydrogen (secondary N) is 1. The molecule has 0 amide bonds. The fraction of sp³-hybridized carbons (Fsp3) is 0.923. The summed E-state index contributed by atoms with van der Waals surface area (Å²) in [6.07, 6.45) is 4.87. The van der Waals surface area contributed by atoms with Crippen molar-refractivity contribution in [1.82, 2.24) is 10.2 Å². The normalized spacial score (nSPS) is 18.9. The quantitative estimate of drug-likeness (QED) is 0.685. The van der Waals surface area contributed by atoms with Gasteiger partial charge in [-0.05, 0) is 45.8 Å². The van der Waals surface area contributed by atoms with Crippen LogP contribution >= 0.6 is 0 Å². The summed E-state index contributed by atoms with van der Waals surface area (Å²) in [7, 11) is 0. The van der Waals surface area contributed by atoms with Crippen molar-refractivity contribution in [2.75, 3.05) is 32.8 Å². The second kappa shape index (κ2) is 8.48. The van der Waals surface area contributed by atoms with Gasteiger partial charge in [0, 0.05) is 6.54 Å². The molecule has 1 aliphatic heterocycles. The number of nitrogens with zero attached hydrogens (tertiary/aromatic N) is 1. The van der Waals surface area contributed by atoms with Crippen molar-refractivity contribution in [2.45, 2.75) is 45.6 Å². The van der Waals surface area contributed by atoms with E-state index < -0.39 is 0 Å². The number of hydrogen-bond donors (Lipinski definition) is 1. The minimum absolute atomic E-state index is 0.105. The Hall–Kier alpha value is -0.610. The van der Waals surface area contributed by atoms with E-state index in [4.69, 9.17) is 4.74 Å². The zero-order chi connectivity index (χ0) is 12.5. The topological polar surface area (TPSA) is 41.6 Å². The van der Waals surface area contributed by atoms with Gasteiger partial charge in [0.15, 0.2) is 0 Å². The Morgan fingerprint density at radius 2 is 2.00 bits per heavy atom. The second-order valence-electron chi connectivity index (χ2n) is 4.62. The van der Waals surface area contributed by atoms with Gasteiger partial charge >= 0.3 is 5.97 Å². The smallest absolute Gasteiger partial charge is 0.324 e. The largest absolute Gasteiger partial charge is 0.465 e. The minimum atomic E-state index is -0.159. The van der Waals surface area contributed by atoms with Crippen LogP contribution < -0.4 is 5.32 Å². The van der Waals surface area contributed by atoms with Crippen LogP contribution in [0.2, 0.25) is 0 Å². The summed E-state index contributed by atoms with van der Waals surface area (Å²) < 4.78 is 5.11. The maximum Gasteiger partial charge on any atom is 0.324 e. The third-order valence-corrected chi connectivity index (χ3v) is 3.10. The van der Waals surface area contributed by atoms with Crippen molar-refractivity contribution >= 4 is 5.97 Å². The van der Waals surface area contributed by atoms with E-state index in [2.05, 4.69) is 17.1 Å². The number of carbonyl (C=O) groups is 1. The van der Waals surface area contributed by atoms with E-state index in [9.17, 15) is 4.79 Å². The lowest BCUT2D eigenvalue weighted by molar-refractivity contribution is -0.146. The van der Waals surface area contributed by atoms with Crippen LogP contribution in [0.25, 0.3) is 0 Å². The molecule has 0 aromatic carbocycles. The van der Waals surface area contributed by atoms with E-state index in [-0.39, 0.29) is 12.0 Å². The van der Waals surface area contributed by atoms with Crippen molar-refractivity contribution in [3.8, 4) is 0 Å². The van der Waals surface area contributed by atoms with Gasteiger partial charge in [-0.2, -0.15) is 0 Å². The van der Waals surface area contributed by atoms with Gasteiger partial charge in [0.1, 0.15) is 6.04 Å². The molecule has 0 radical (unpaired) electrons. The number of rotatable bonds is 7. The molecular formula is C13H26N2O2. The standard InChI is InChI=1S/C13H26N2O2/c1-3-8-14-12(13(16)17-4-2)11-15-9-6-5-7-10-15/h12,14H,3-11H2,1-2H3. The fourth-order valence-corrected chi connectivity index (χ4v) is 2.18. The van der Waals surface area contributed by atoms with Crippen molar-refractivity contribution in [2.24, 2.45) is 0 Å². The highest BCUT2D eigenvalue weighted by Crippen LogP contribution is 2.09. The van der Waals surface area contributed by atoms with E-state index >= 15 is 0 Å². The first-order valence-electron chi connectivity index (χ1n) is 6.90. The Balaban J connectivity index is 2.40. The van der Waals surface area contributed by atoms with Crippen molar-refractivity contribution in [1.29, 1.82) is 0 Å². The molecule has 0 bridgehead atoms. The first-order chi connectivity index (χ1) is 8.27. The molecule has 1 rings (SSSR count). The van der Waals surface area contributed by atoms with Gasteiger partial charge in [-0.1, -0.05) is 13.3 Å². The number of carbonyl (C=O) groups excluding carboxylic acids is 1. The van der Waals surface area contributed by atoms with Gasteiger partial charge in [-0.25, -0.2) is 0 Å². The summed E-state index contributed by atoms with van der Waals surface area (Å²) in [5.41, 5.74) is 0. The second-order valence-corrected chi connectivity index (χ2v) is 4.62. The maximum atomic E-state index is 11.8. The molecule has 100 valence electrons. The Morgan fingerprint density at radius 1 is 1.29 bits per heavy atom. The SMILES string of the molecule is CCCNC(CN1CCCCC1)C(=O)OCC. The van der Waals surface area contributed by atoms with Gasteiger partial charge in [0.2, 0.25) is 0 Å². The van der Waals surface area contributed by atoms with Gasteiger partial charge in [0.25, 0.3) is 0 Å². The molecule has 1 atom stereocenters. The summed E-state index contributed by atoms with van der Waals surface area (Å²) in [5, 5.41) is 3.29. The highest BCUT2D eigenvalue weighted by Gasteiger charge is 2.22. The zero-order valence-electron chi connectivity index (χ0n) is 11.2. The number of ether oxygens (including phenoxy) is 1. The van der Waals surface area contributed by atoms with Gasteiger partial charge in [-0.15, -0.1) is 0 Å². The molecule has 1 unspecified atom stereocenters.